The van der Waals surface area contributed by atoms with Gasteiger partial charge in [0.05, 0.1) is 28.2 Å². The van der Waals surface area contributed by atoms with Crippen LogP contribution in [0.2, 0.25) is 0 Å². The number of methoxy groups -OCH3 is 1. The molecule has 1 N–H and O–H groups in total. The molecule has 1 saturated heterocycles. The zero-order valence-corrected chi connectivity index (χ0v) is 32.4. The molecule has 1 atom stereocenters. The maximum Gasteiger partial charge on any atom is 0.412 e. The number of hydrogen-bond acceptors (Lipinski definition) is 7. The molecule has 0 spiro atoms. The van der Waals surface area contributed by atoms with Gasteiger partial charge in [0.2, 0.25) is 5.91 Å². The van der Waals surface area contributed by atoms with Gasteiger partial charge >= 0.3 is 6.09 Å². The summed E-state index contributed by atoms with van der Waals surface area (Å²) in [5, 5.41) is 14.4. The minimum Gasteiger partial charge on any atom is -0.496 e. The lowest BCUT2D eigenvalue weighted by atomic mass is 9.51. The van der Waals surface area contributed by atoms with Crippen molar-refractivity contribution in [3.05, 3.63) is 60.0 Å². The first-order valence-corrected chi connectivity index (χ1v) is 20.4. The molecule has 0 radical (unpaired) electrons. The first kappa shape index (κ1) is 36.9. The smallest absolute Gasteiger partial charge is 0.412 e. The Kier molecular flexibility index (Phi) is 11.0. The van der Waals surface area contributed by atoms with Crippen molar-refractivity contribution in [3.63, 3.8) is 0 Å². The molecular weight excluding hydrogens is 673 g/mol. The van der Waals surface area contributed by atoms with E-state index in [0.717, 1.165) is 86.9 Å². The maximum absolute atomic E-state index is 14.7. The van der Waals surface area contributed by atoms with Crippen LogP contribution in [0.15, 0.2) is 48.9 Å². The number of fused-ring (bicyclic) bond motifs is 3. The Morgan fingerprint density at radius 1 is 0.981 bits per heavy atom. The summed E-state index contributed by atoms with van der Waals surface area (Å²) in [5.74, 6) is 1.76. The summed E-state index contributed by atoms with van der Waals surface area (Å²) in [6.07, 6.45) is 16.4. The minimum absolute atomic E-state index is 0.0659. The van der Waals surface area contributed by atoms with Crippen LogP contribution in [0.25, 0.3) is 11.1 Å². The third-order valence-corrected chi connectivity index (χ3v) is 14.0. The van der Waals surface area contributed by atoms with E-state index in [1.165, 1.54) is 11.1 Å². The van der Waals surface area contributed by atoms with Crippen LogP contribution in [-0.4, -0.2) is 75.3 Å². The number of benzene rings is 1. The van der Waals surface area contributed by atoms with Gasteiger partial charge in [-0.15, -0.1) is 0 Å². The van der Waals surface area contributed by atoms with E-state index in [0.29, 0.717) is 32.5 Å². The minimum atomic E-state index is -0.325. The summed E-state index contributed by atoms with van der Waals surface area (Å²) in [6.45, 7) is 8.15. The van der Waals surface area contributed by atoms with Gasteiger partial charge in [-0.2, -0.15) is 5.10 Å². The van der Waals surface area contributed by atoms with Crippen LogP contribution in [0.1, 0.15) is 108 Å². The molecule has 3 aromatic rings. The Balaban J connectivity index is 1.06. The average Bonchev–Trinajstić information content (AvgIpc) is 3.68. The van der Waals surface area contributed by atoms with Crippen molar-refractivity contribution >= 4 is 26.6 Å². The summed E-state index contributed by atoms with van der Waals surface area (Å²) in [4.78, 5) is 36.0. The van der Waals surface area contributed by atoms with Crippen LogP contribution < -0.4 is 9.64 Å². The molecule has 10 nitrogen and oxygen atoms in total. The molecule has 5 aliphatic rings. The predicted molar refractivity (Wildman–Crippen MR) is 205 cm³/mol. The van der Waals surface area contributed by atoms with Gasteiger partial charge in [0.25, 0.3) is 0 Å². The van der Waals surface area contributed by atoms with E-state index in [4.69, 9.17) is 14.2 Å². The fraction of sp³-hybridized carbons (Fsp3) is 0.610. The first-order chi connectivity index (χ1) is 25.1. The van der Waals surface area contributed by atoms with Crippen LogP contribution in [-0.2, 0) is 14.7 Å². The van der Waals surface area contributed by atoms with Crippen LogP contribution >= 0.6 is 8.81 Å². The Bertz CT molecular complexity index is 1700. The van der Waals surface area contributed by atoms with Gasteiger partial charge in [-0.3, -0.25) is 14.4 Å². The third kappa shape index (κ3) is 7.75. The normalized spacial score (nSPS) is 26.6. The number of aliphatic hydroxyl groups excluding tert-OH is 1. The average molecular weight is 730 g/mol. The molecule has 5 fully saturated rings. The highest BCUT2D eigenvalue weighted by Gasteiger charge is 2.51. The Morgan fingerprint density at radius 3 is 2.33 bits per heavy atom. The number of aryl methyl sites for hydroxylation is 1. The van der Waals surface area contributed by atoms with Gasteiger partial charge in [0.15, 0.2) is 0 Å². The molecule has 4 saturated carbocycles. The third-order valence-electron chi connectivity index (χ3n) is 12.8. The monoisotopic (exact) mass is 729 g/mol. The zero-order valence-electron chi connectivity index (χ0n) is 31.4. The van der Waals surface area contributed by atoms with Crippen molar-refractivity contribution in [1.29, 1.82) is 0 Å². The van der Waals surface area contributed by atoms with Crippen molar-refractivity contribution in [2.75, 3.05) is 31.6 Å². The van der Waals surface area contributed by atoms with E-state index in [9.17, 15) is 14.7 Å². The second kappa shape index (κ2) is 15.5. The summed E-state index contributed by atoms with van der Waals surface area (Å²) in [6, 6.07) is 11.1. The summed E-state index contributed by atoms with van der Waals surface area (Å²) < 4.78 is 13.3. The van der Waals surface area contributed by atoms with Crippen LogP contribution in [0.3, 0.4) is 0 Å². The largest absolute Gasteiger partial charge is 0.496 e. The number of piperidine rings is 1. The molecule has 1 aliphatic heterocycles. The SMILES string of the molecule is COc1ccc(C23CCC(CN(C(=O)C4CCC(POC(=O)N5CCC(O)CC5)CC4)c4cc(-c5cnn(C(C)C)c5)ccn4)(CC2)CC3)cc1C. The standard InChI is InChI=1S/C41H56N5O5P/c1-28(2)46-26-32(25-43-46)31-11-20-42-37(24-31)45(27-40-14-17-41(18-15-40,19-16-40)33-7-10-36(50-4)29(3)23-33)38(48)30-5-8-35(9-6-30)52-51-39(49)44-21-12-34(47)13-22-44/h7,10-11,20,23-26,28,30,34-35,47,52H,5-6,8-9,12-19,21-22,27H2,1-4H3. The van der Waals surface area contributed by atoms with E-state index >= 15 is 0 Å². The lowest BCUT2D eigenvalue weighted by molar-refractivity contribution is -0.124. The van der Waals surface area contributed by atoms with E-state index < -0.39 is 0 Å². The fourth-order valence-corrected chi connectivity index (χ4v) is 10.2. The molecule has 52 heavy (non-hydrogen) atoms. The number of likely N-dealkylation sites (tertiary alicyclic amines) is 1. The van der Waals surface area contributed by atoms with Crippen molar-refractivity contribution in [2.24, 2.45) is 11.3 Å². The highest BCUT2D eigenvalue weighted by atomic mass is 31.1. The maximum atomic E-state index is 14.7. The predicted octanol–water partition coefficient (Wildman–Crippen LogP) is 8.21. The number of ether oxygens (including phenoxy) is 1. The molecule has 280 valence electrons. The van der Waals surface area contributed by atoms with Crippen molar-refractivity contribution in [2.45, 2.75) is 121 Å². The number of amides is 2. The highest BCUT2D eigenvalue weighted by molar-refractivity contribution is 7.33. The summed E-state index contributed by atoms with van der Waals surface area (Å²) in [7, 11) is 1.83. The van der Waals surface area contributed by atoms with Gasteiger partial charge in [-0.25, -0.2) is 9.78 Å². The second-order valence-electron chi connectivity index (χ2n) is 16.3. The van der Waals surface area contributed by atoms with E-state index in [-0.39, 0.29) is 55.4 Å². The Hall–Kier alpha value is -3.49. The molecule has 11 heteroatoms. The molecule has 1 unspecified atom stereocenters. The van der Waals surface area contributed by atoms with Crippen molar-refractivity contribution in [3.8, 4) is 16.9 Å². The van der Waals surface area contributed by atoms with Gasteiger partial charge in [-0.05, 0) is 144 Å². The van der Waals surface area contributed by atoms with Gasteiger partial charge in [-0.1, -0.05) is 12.1 Å². The molecule has 1 aromatic carbocycles. The number of aliphatic hydroxyl groups is 1. The van der Waals surface area contributed by atoms with Crippen LogP contribution in [0, 0.1) is 18.3 Å². The number of nitrogens with zero attached hydrogens (tertiary/aromatic N) is 5. The highest BCUT2D eigenvalue weighted by Crippen LogP contribution is 2.58. The lowest BCUT2D eigenvalue weighted by Gasteiger charge is -2.55. The van der Waals surface area contributed by atoms with Gasteiger partial charge in [0.1, 0.15) is 11.6 Å². The van der Waals surface area contributed by atoms with E-state index in [2.05, 4.69) is 56.3 Å². The molecule has 2 bridgehead atoms. The number of aromatic nitrogens is 3. The molecular formula is C41H56N5O5P. The Morgan fingerprint density at radius 2 is 1.69 bits per heavy atom. The second-order valence-corrected chi connectivity index (χ2v) is 17.6. The van der Waals surface area contributed by atoms with Crippen molar-refractivity contribution in [1.82, 2.24) is 19.7 Å². The number of rotatable bonds is 10. The number of hydrogen-bond donors (Lipinski definition) is 1. The number of carbonyl (C=O) groups is 2. The molecule has 3 heterocycles. The zero-order chi connectivity index (χ0) is 36.5. The van der Waals surface area contributed by atoms with E-state index in [1.54, 1.807) is 12.0 Å². The first-order valence-electron chi connectivity index (χ1n) is 19.4. The lowest BCUT2D eigenvalue weighted by Crippen LogP contribution is -2.52. The summed E-state index contributed by atoms with van der Waals surface area (Å²) >= 11 is 0. The van der Waals surface area contributed by atoms with Crippen molar-refractivity contribution < 1.29 is 24.0 Å². The fourth-order valence-electron chi connectivity index (χ4n) is 9.19. The number of anilines is 1. The molecule has 2 aromatic heterocycles. The van der Waals surface area contributed by atoms with Crippen LogP contribution in [0.5, 0.6) is 5.75 Å². The number of carbonyl (C=O) groups excluding carboxylic acids is 2. The van der Waals surface area contributed by atoms with Gasteiger partial charge in [0, 0.05) is 55.2 Å². The van der Waals surface area contributed by atoms with E-state index in [1.807, 2.05) is 28.0 Å². The van der Waals surface area contributed by atoms with Crippen LogP contribution in [0.4, 0.5) is 10.6 Å². The topological polar surface area (TPSA) is 110 Å². The number of pyridine rings is 1. The molecule has 8 rings (SSSR count). The van der Waals surface area contributed by atoms with Gasteiger partial charge < -0.3 is 19.3 Å². The molecule has 4 aliphatic carbocycles. The Labute approximate surface area is 310 Å². The molecule has 2 amide bonds. The quantitative estimate of drug-likeness (QED) is 0.210. The summed E-state index contributed by atoms with van der Waals surface area (Å²) in [5.41, 5.74) is 5.20.